The first-order chi connectivity index (χ1) is 12.5. The van der Waals surface area contributed by atoms with Gasteiger partial charge in [-0.15, -0.1) is 6.58 Å². The summed E-state index contributed by atoms with van der Waals surface area (Å²) in [5.41, 5.74) is 11.9. The summed E-state index contributed by atoms with van der Waals surface area (Å²) in [6.45, 7) is 15.5. The molecule has 2 N–H and O–H groups in total. The largest absolute Gasteiger partial charge is 0.325 e. The second-order valence-electron chi connectivity index (χ2n) is 6.08. The van der Waals surface area contributed by atoms with Crippen LogP contribution >= 0.6 is 0 Å². The molecule has 2 aromatic rings. The van der Waals surface area contributed by atoms with E-state index < -0.39 is 0 Å². The lowest BCUT2D eigenvalue weighted by Gasteiger charge is -2.11. The number of rotatable bonds is 4. The summed E-state index contributed by atoms with van der Waals surface area (Å²) in [6, 6.07) is 19.0. The van der Waals surface area contributed by atoms with Gasteiger partial charge in [-0.25, -0.2) is 0 Å². The van der Waals surface area contributed by atoms with E-state index in [9.17, 15) is 0 Å². The van der Waals surface area contributed by atoms with Gasteiger partial charge in [-0.2, -0.15) is 0 Å². The van der Waals surface area contributed by atoms with Crippen LogP contribution in [0.2, 0.25) is 0 Å². The highest BCUT2D eigenvalue weighted by Gasteiger charge is 2.06. The summed E-state index contributed by atoms with van der Waals surface area (Å²) >= 11 is 0. The van der Waals surface area contributed by atoms with E-state index in [1.54, 1.807) is 0 Å². The second-order valence-corrected chi connectivity index (χ2v) is 6.08. The maximum absolute atomic E-state index is 5.81. The van der Waals surface area contributed by atoms with E-state index >= 15 is 0 Å². The number of hydrogen-bond donors (Lipinski definition) is 1. The van der Waals surface area contributed by atoms with Gasteiger partial charge in [0.05, 0.1) is 0 Å². The molecule has 0 aromatic heterocycles. The Morgan fingerprint density at radius 3 is 1.96 bits per heavy atom. The fraction of sp³-hybridized carbons (Fsp3) is 0.280. The number of benzene rings is 2. The van der Waals surface area contributed by atoms with Crippen LogP contribution in [0.3, 0.4) is 0 Å². The maximum Gasteiger partial charge on any atom is 0.0198 e. The monoisotopic (exact) mass is 349 g/mol. The van der Waals surface area contributed by atoms with Crippen LogP contribution in [0, 0.1) is 0 Å². The van der Waals surface area contributed by atoms with Crippen molar-refractivity contribution in [3.63, 3.8) is 0 Å². The topological polar surface area (TPSA) is 26.0 Å². The zero-order valence-electron chi connectivity index (χ0n) is 17.3. The molecule has 0 saturated heterocycles. The fourth-order valence-electron chi connectivity index (χ4n) is 2.20. The molecule has 1 heteroatoms. The quantitative estimate of drug-likeness (QED) is 0.456. The highest BCUT2D eigenvalue weighted by atomic mass is 14.6. The van der Waals surface area contributed by atoms with Gasteiger partial charge in [0, 0.05) is 6.04 Å². The van der Waals surface area contributed by atoms with E-state index in [1.165, 1.54) is 27.8 Å². The molecule has 1 nitrogen and oxygen atoms in total. The third kappa shape index (κ3) is 9.19. The van der Waals surface area contributed by atoms with Crippen molar-refractivity contribution < 1.29 is 0 Å². The minimum Gasteiger partial charge on any atom is -0.325 e. The van der Waals surface area contributed by atoms with Crippen LogP contribution in [0.15, 0.2) is 85.0 Å². The second kappa shape index (κ2) is 13.9. The van der Waals surface area contributed by atoms with Gasteiger partial charge in [0.1, 0.15) is 0 Å². The molecule has 1 atom stereocenters. The molecule has 0 fully saturated rings. The molecule has 0 aliphatic rings. The normalized spacial score (nSPS) is 11.7. The van der Waals surface area contributed by atoms with Crippen LogP contribution in [0.5, 0.6) is 0 Å². The highest BCUT2D eigenvalue weighted by molar-refractivity contribution is 5.85. The van der Waals surface area contributed by atoms with Gasteiger partial charge >= 0.3 is 0 Å². The van der Waals surface area contributed by atoms with Crippen LogP contribution in [-0.4, -0.2) is 6.04 Å². The molecule has 26 heavy (non-hydrogen) atoms. The Labute approximate surface area is 161 Å². The number of allylic oxidation sites excluding steroid dienone is 4. The molecule has 0 heterocycles. The van der Waals surface area contributed by atoms with E-state index in [2.05, 4.69) is 74.2 Å². The van der Waals surface area contributed by atoms with Gasteiger partial charge in [0.2, 0.25) is 0 Å². The molecule has 0 radical (unpaired) electrons. The Morgan fingerprint density at radius 1 is 0.962 bits per heavy atom. The van der Waals surface area contributed by atoms with Crippen LogP contribution in [0.4, 0.5) is 0 Å². The molecule has 0 aliphatic carbocycles. The van der Waals surface area contributed by atoms with Crippen molar-refractivity contribution in [1.29, 1.82) is 0 Å². The Kier molecular flexibility index (Phi) is 12.6. The van der Waals surface area contributed by atoms with Crippen molar-refractivity contribution in [2.24, 2.45) is 5.73 Å². The predicted octanol–water partition coefficient (Wildman–Crippen LogP) is 7.27. The van der Waals surface area contributed by atoms with Crippen LogP contribution in [0.25, 0.3) is 16.7 Å². The lowest BCUT2D eigenvalue weighted by atomic mass is 9.94. The summed E-state index contributed by atoms with van der Waals surface area (Å²) in [4.78, 5) is 0. The number of nitrogens with two attached hydrogens (primary N) is 1. The molecular weight excluding hydrogens is 314 g/mol. The lowest BCUT2D eigenvalue weighted by Crippen LogP contribution is -2.10. The summed E-state index contributed by atoms with van der Waals surface area (Å²) in [7, 11) is 0. The summed E-state index contributed by atoms with van der Waals surface area (Å²) < 4.78 is 0. The van der Waals surface area contributed by atoms with Crippen molar-refractivity contribution in [2.45, 2.75) is 47.6 Å². The van der Waals surface area contributed by atoms with E-state index in [1.807, 2.05) is 46.8 Å². The minimum atomic E-state index is 0.0637. The van der Waals surface area contributed by atoms with E-state index in [4.69, 9.17) is 5.73 Å². The van der Waals surface area contributed by atoms with E-state index in [-0.39, 0.29) is 6.04 Å². The third-order valence-electron chi connectivity index (χ3n) is 3.21. The molecule has 0 aliphatic heterocycles. The van der Waals surface area contributed by atoms with Crippen molar-refractivity contribution in [3.8, 4) is 11.1 Å². The SMILES string of the molecule is C/C=C(\C=C/C(C)N)c1ccccc1-c1ccccc1.C=C(C)C.CC. The predicted molar refractivity (Wildman–Crippen MR) is 120 cm³/mol. The minimum absolute atomic E-state index is 0.0637. The maximum atomic E-state index is 5.81. The molecular formula is C25H35N. The van der Waals surface area contributed by atoms with Crippen LogP contribution in [0.1, 0.15) is 47.1 Å². The van der Waals surface area contributed by atoms with Gasteiger partial charge in [-0.3, -0.25) is 0 Å². The van der Waals surface area contributed by atoms with Crippen LogP contribution in [-0.2, 0) is 0 Å². The standard InChI is InChI=1S/C19H21N.C4H8.C2H6/c1-3-16(14-13-15(2)20)18-11-7-8-12-19(18)17-9-5-4-6-10-17;1-4(2)3;1-2/h3-15H,20H2,1-2H3;1H2,2-3H3;1-2H3/b14-13-,16-3+;;. The Balaban J connectivity index is 0.000000920. The molecule has 0 bridgehead atoms. The fourth-order valence-corrected chi connectivity index (χ4v) is 2.20. The summed E-state index contributed by atoms with van der Waals surface area (Å²) in [5, 5.41) is 0. The first-order valence-electron chi connectivity index (χ1n) is 9.32. The molecule has 0 saturated carbocycles. The molecule has 2 aromatic carbocycles. The Hall–Kier alpha value is -2.38. The van der Waals surface area contributed by atoms with Crippen molar-refractivity contribution in [3.05, 3.63) is 90.5 Å². The van der Waals surface area contributed by atoms with Crippen LogP contribution < -0.4 is 5.73 Å². The zero-order chi connectivity index (χ0) is 19.9. The molecule has 1 unspecified atom stereocenters. The van der Waals surface area contributed by atoms with Gasteiger partial charge in [0.25, 0.3) is 0 Å². The molecule has 2 rings (SSSR count). The first kappa shape index (κ1) is 23.6. The van der Waals surface area contributed by atoms with E-state index in [0.29, 0.717) is 0 Å². The van der Waals surface area contributed by atoms with Crippen molar-refractivity contribution >= 4 is 5.57 Å². The average molecular weight is 350 g/mol. The molecule has 140 valence electrons. The van der Waals surface area contributed by atoms with Gasteiger partial charge in [-0.1, -0.05) is 92.2 Å². The van der Waals surface area contributed by atoms with Crippen molar-refractivity contribution in [1.82, 2.24) is 0 Å². The molecule has 0 amide bonds. The number of hydrogen-bond acceptors (Lipinski definition) is 1. The highest BCUT2D eigenvalue weighted by Crippen LogP contribution is 2.29. The third-order valence-corrected chi connectivity index (χ3v) is 3.21. The zero-order valence-corrected chi connectivity index (χ0v) is 17.3. The smallest absolute Gasteiger partial charge is 0.0198 e. The Bertz CT molecular complexity index is 687. The first-order valence-corrected chi connectivity index (χ1v) is 9.32. The average Bonchev–Trinajstić information content (AvgIpc) is 2.64. The summed E-state index contributed by atoms with van der Waals surface area (Å²) in [6.07, 6.45) is 6.25. The lowest BCUT2D eigenvalue weighted by molar-refractivity contribution is 0.926. The Morgan fingerprint density at radius 2 is 1.46 bits per heavy atom. The van der Waals surface area contributed by atoms with Gasteiger partial charge in [-0.05, 0) is 50.0 Å². The van der Waals surface area contributed by atoms with Crippen molar-refractivity contribution in [2.75, 3.05) is 0 Å². The molecule has 0 spiro atoms. The van der Waals surface area contributed by atoms with E-state index in [0.717, 1.165) is 0 Å². The summed E-state index contributed by atoms with van der Waals surface area (Å²) in [5.74, 6) is 0. The van der Waals surface area contributed by atoms with Gasteiger partial charge < -0.3 is 5.73 Å². The van der Waals surface area contributed by atoms with Gasteiger partial charge in [0.15, 0.2) is 0 Å².